The molecule has 2 aromatic carbocycles. The lowest BCUT2D eigenvalue weighted by Crippen LogP contribution is -2.35. The predicted octanol–water partition coefficient (Wildman–Crippen LogP) is 4.02. The lowest BCUT2D eigenvalue weighted by Gasteiger charge is -2.27. The summed E-state index contributed by atoms with van der Waals surface area (Å²) < 4.78 is 34.5. The van der Waals surface area contributed by atoms with Gasteiger partial charge < -0.3 is 20.5 Å². The molecule has 2 aliphatic carbocycles. The molecule has 0 saturated heterocycles. The van der Waals surface area contributed by atoms with Crippen LogP contribution in [0.1, 0.15) is 70.7 Å². The van der Waals surface area contributed by atoms with Crippen molar-refractivity contribution < 1.29 is 33.0 Å². The van der Waals surface area contributed by atoms with Gasteiger partial charge in [-0.3, -0.25) is 14.4 Å². The van der Waals surface area contributed by atoms with Crippen LogP contribution in [0.25, 0.3) is 0 Å². The summed E-state index contributed by atoms with van der Waals surface area (Å²) in [6.45, 7) is 0.163. The lowest BCUT2D eigenvalue weighted by molar-refractivity contribution is -0.143. The Labute approximate surface area is 201 Å². The van der Waals surface area contributed by atoms with Crippen molar-refractivity contribution in [2.45, 2.75) is 50.5 Å². The summed E-state index contributed by atoms with van der Waals surface area (Å²) in [5.74, 6) is -3.91. The van der Waals surface area contributed by atoms with Gasteiger partial charge in [0.2, 0.25) is 0 Å². The number of benzene rings is 2. The molecule has 0 aliphatic heterocycles. The van der Waals surface area contributed by atoms with Crippen LogP contribution in [0.2, 0.25) is 0 Å². The van der Waals surface area contributed by atoms with Gasteiger partial charge in [0, 0.05) is 24.7 Å². The molecule has 0 heterocycles. The standard InChI is InChI=1S/C26H28F2N2O5/c27-21-14-23(35-19-9-7-18(8-10-19)26(33)34)22(28)13-20(21)25(32)30-12-11-29-24(31)17-5-3-16(4-6-17)15-1-2-15/h3-6,13-15,18-19H,1-2,7-12H2,(H,29,31)(H,30,32)(H,33,34). The van der Waals surface area contributed by atoms with Crippen LogP contribution >= 0.6 is 0 Å². The third-order valence-electron chi connectivity index (χ3n) is 6.50. The quantitative estimate of drug-likeness (QED) is 0.465. The molecule has 0 atom stereocenters. The summed E-state index contributed by atoms with van der Waals surface area (Å²) in [4.78, 5) is 35.6. The number of carboxylic acids is 1. The van der Waals surface area contributed by atoms with Crippen LogP contribution in [0.15, 0.2) is 36.4 Å². The molecule has 186 valence electrons. The molecule has 7 nitrogen and oxygen atoms in total. The molecule has 0 spiro atoms. The first kappa shape index (κ1) is 24.6. The van der Waals surface area contributed by atoms with E-state index in [4.69, 9.17) is 9.84 Å². The Bertz CT molecular complexity index is 1090. The normalized spacial score (nSPS) is 19.6. The molecule has 0 radical (unpaired) electrons. The molecule has 2 saturated carbocycles. The van der Waals surface area contributed by atoms with Gasteiger partial charge in [0.1, 0.15) is 5.82 Å². The zero-order valence-electron chi connectivity index (χ0n) is 19.2. The monoisotopic (exact) mass is 486 g/mol. The van der Waals surface area contributed by atoms with Crippen molar-refractivity contribution in [3.8, 4) is 5.75 Å². The highest BCUT2D eigenvalue weighted by Crippen LogP contribution is 2.39. The Hall–Kier alpha value is -3.49. The molecule has 2 aliphatic rings. The van der Waals surface area contributed by atoms with Gasteiger partial charge >= 0.3 is 5.97 Å². The second-order valence-corrected chi connectivity index (χ2v) is 9.10. The van der Waals surface area contributed by atoms with Crippen LogP contribution < -0.4 is 15.4 Å². The van der Waals surface area contributed by atoms with Crippen LogP contribution in [-0.2, 0) is 4.79 Å². The summed E-state index contributed by atoms with van der Waals surface area (Å²) in [7, 11) is 0. The van der Waals surface area contributed by atoms with Gasteiger partial charge in [-0.15, -0.1) is 0 Å². The number of carboxylic acid groups (broad SMARTS) is 1. The second-order valence-electron chi connectivity index (χ2n) is 9.10. The van der Waals surface area contributed by atoms with E-state index in [2.05, 4.69) is 10.6 Å². The average Bonchev–Trinajstić information content (AvgIpc) is 3.69. The minimum absolute atomic E-state index is 0.0386. The maximum absolute atomic E-state index is 14.5. The second kappa shape index (κ2) is 10.8. The molecule has 0 bridgehead atoms. The minimum atomic E-state index is -0.932. The maximum Gasteiger partial charge on any atom is 0.306 e. The van der Waals surface area contributed by atoms with E-state index < -0.39 is 41.1 Å². The van der Waals surface area contributed by atoms with E-state index in [-0.39, 0.29) is 24.7 Å². The highest BCUT2D eigenvalue weighted by Gasteiger charge is 2.28. The molecule has 3 N–H and O–H groups in total. The smallest absolute Gasteiger partial charge is 0.306 e. The number of carbonyl (C=O) groups excluding carboxylic acids is 2. The Morgan fingerprint density at radius 1 is 0.857 bits per heavy atom. The van der Waals surface area contributed by atoms with E-state index in [0.717, 1.165) is 12.1 Å². The van der Waals surface area contributed by atoms with Crippen molar-refractivity contribution >= 4 is 17.8 Å². The van der Waals surface area contributed by atoms with E-state index in [1.807, 2.05) is 12.1 Å². The fraction of sp³-hybridized carbons (Fsp3) is 0.423. The van der Waals surface area contributed by atoms with Gasteiger partial charge in [-0.05, 0) is 68.2 Å². The molecule has 9 heteroatoms. The van der Waals surface area contributed by atoms with Crippen molar-refractivity contribution in [1.82, 2.24) is 10.6 Å². The number of carbonyl (C=O) groups is 3. The number of halogens is 2. The minimum Gasteiger partial charge on any atom is -0.487 e. The summed E-state index contributed by atoms with van der Waals surface area (Å²) in [6.07, 6.45) is 3.63. The fourth-order valence-corrected chi connectivity index (χ4v) is 4.27. The van der Waals surface area contributed by atoms with E-state index in [0.29, 0.717) is 37.2 Å². The van der Waals surface area contributed by atoms with Gasteiger partial charge in [0.25, 0.3) is 11.8 Å². The van der Waals surface area contributed by atoms with Crippen molar-refractivity contribution in [3.63, 3.8) is 0 Å². The van der Waals surface area contributed by atoms with E-state index in [1.54, 1.807) is 12.1 Å². The topological polar surface area (TPSA) is 105 Å². The molecular formula is C26H28F2N2O5. The van der Waals surface area contributed by atoms with Crippen LogP contribution in [0.4, 0.5) is 8.78 Å². The largest absolute Gasteiger partial charge is 0.487 e. The molecule has 35 heavy (non-hydrogen) atoms. The van der Waals surface area contributed by atoms with Crippen molar-refractivity contribution in [3.05, 3.63) is 64.7 Å². The van der Waals surface area contributed by atoms with Crippen molar-refractivity contribution in [2.24, 2.45) is 5.92 Å². The van der Waals surface area contributed by atoms with E-state index >= 15 is 0 Å². The Morgan fingerprint density at radius 3 is 2.09 bits per heavy atom. The van der Waals surface area contributed by atoms with Crippen LogP contribution in [-0.4, -0.2) is 42.1 Å². The molecule has 4 rings (SSSR count). The summed E-state index contributed by atoms with van der Waals surface area (Å²) in [6, 6.07) is 9.03. The number of amides is 2. The number of hydrogen-bond donors (Lipinski definition) is 3. The average molecular weight is 487 g/mol. The third kappa shape index (κ3) is 6.35. The molecule has 2 fully saturated rings. The first-order valence-electron chi connectivity index (χ1n) is 11.9. The van der Waals surface area contributed by atoms with E-state index in [1.165, 1.54) is 18.4 Å². The summed E-state index contributed by atoms with van der Waals surface area (Å²) >= 11 is 0. The SMILES string of the molecule is O=C(NCCNC(=O)c1cc(F)c(OC2CCC(C(=O)O)CC2)cc1F)c1ccc(C2CC2)cc1. The predicted molar refractivity (Wildman–Crippen MR) is 123 cm³/mol. The highest BCUT2D eigenvalue weighted by molar-refractivity contribution is 5.95. The van der Waals surface area contributed by atoms with Gasteiger partial charge in [-0.1, -0.05) is 12.1 Å². The molecule has 2 amide bonds. The number of hydrogen-bond acceptors (Lipinski definition) is 4. The van der Waals surface area contributed by atoms with Gasteiger partial charge in [-0.2, -0.15) is 0 Å². The molecule has 0 aromatic heterocycles. The molecular weight excluding hydrogens is 458 g/mol. The highest BCUT2D eigenvalue weighted by atomic mass is 19.1. The zero-order valence-corrected chi connectivity index (χ0v) is 19.2. The Balaban J connectivity index is 1.24. The first-order chi connectivity index (χ1) is 16.8. The number of aliphatic carboxylic acids is 1. The van der Waals surface area contributed by atoms with Crippen LogP contribution in [0.5, 0.6) is 5.75 Å². The molecule has 2 aromatic rings. The number of ether oxygens (including phenoxy) is 1. The number of nitrogens with one attached hydrogen (secondary N) is 2. The van der Waals surface area contributed by atoms with Crippen LogP contribution in [0, 0.1) is 17.6 Å². The Morgan fingerprint density at radius 2 is 1.49 bits per heavy atom. The van der Waals surface area contributed by atoms with Crippen LogP contribution in [0.3, 0.4) is 0 Å². The number of rotatable bonds is 9. The third-order valence-corrected chi connectivity index (χ3v) is 6.50. The van der Waals surface area contributed by atoms with Gasteiger partial charge in [0.05, 0.1) is 17.6 Å². The lowest BCUT2D eigenvalue weighted by atomic mass is 9.87. The fourth-order valence-electron chi connectivity index (χ4n) is 4.27. The van der Waals surface area contributed by atoms with E-state index in [9.17, 15) is 23.2 Å². The summed E-state index contributed by atoms with van der Waals surface area (Å²) in [5.41, 5.74) is 1.28. The van der Waals surface area contributed by atoms with Gasteiger partial charge in [-0.25, -0.2) is 8.78 Å². The summed E-state index contributed by atoms with van der Waals surface area (Å²) in [5, 5.41) is 14.2. The molecule has 0 unspecified atom stereocenters. The van der Waals surface area contributed by atoms with Crippen molar-refractivity contribution in [2.75, 3.05) is 13.1 Å². The Kier molecular flexibility index (Phi) is 7.63. The zero-order chi connectivity index (χ0) is 24.9. The first-order valence-corrected chi connectivity index (χ1v) is 11.9. The van der Waals surface area contributed by atoms with Crippen molar-refractivity contribution in [1.29, 1.82) is 0 Å². The van der Waals surface area contributed by atoms with Gasteiger partial charge in [0.15, 0.2) is 11.6 Å². The maximum atomic E-state index is 14.5.